The smallest absolute Gasteiger partial charge is 0.137 e. The van der Waals surface area contributed by atoms with Crippen LogP contribution in [0, 0.1) is 11.3 Å². The third-order valence-corrected chi connectivity index (χ3v) is 3.52. The average molecular weight is 332 g/mol. The molecule has 0 saturated heterocycles. The van der Waals surface area contributed by atoms with Crippen molar-refractivity contribution in [3.8, 4) is 17.6 Å². The Morgan fingerprint density at radius 3 is 2.40 bits per heavy atom. The Balaban J connectivity index is 2.05. The van der Waals surface area contributed by atoms with Gasteiger partial charge in [-0.15, -0.1) is 0 Å². The molecule has 0 saturated carbocycles. The van der Waals surface area contributed by atoms with Crippen LogP contribution in [-0.2, 0) is 11.9 Å². The van der Waals surface area contributed by atoms with Crippen LogP contribution in [0.4, 0.5) is 0 Å². The Morgan fingerprint density at radius 2 is 1.80 bits per heavy atom. The molecule has 0 spiro atoms. The lowest BCUT2D eigenvalue weighted by Crippen LogP contribution is -1.97. The van der Waals surface area contributed by atoms with Gasteiger partial charge in [0.05, 0.1) is 12.7 Å². The van der Waals surface area contributed by atoms with Crippen LogP contribution in [0.5, 0.6) is 11.5 Å². The van der Waals surface area contributed by atoms with Crippen LogP contribution in [0.3, 0.4) is 0 Å². The summed E-state index contributed by atoms with van der Waals surface area (Å²) < 4.78 is 10.9. The van der Waals surface area contributed by atoms with Gasteiger partial charge in [-0.25, -0.2) is 0 Å². The number of nitriles is 1. The highest BCUT2D eigenvalue weighted by Crippen LogP contribution is 2.21. The second-order valence-corrected chi connectivity index (χ2v) is 4.77. The number of hydrogen-bond donors (Lipinski definition) is 0. The monoisotopic (exact) mass is 331 g/mol. The number of methoxy groups -OCH3 is 1. The Labute approximate surface area is 126 Å². The molecule has 2 aromatic carbocycles. The van der Waals surface area contributed by atoms with E-state index in [1.807, 2.05) is 36.4 Å². The van der Waals surface area contributed by atoms with Crippen molar-refractivity contribution in [2.75, 3.05) is 7.11 Å². The first-order valence-electron chi connectivity index (χ1n) is 6.11. The molecule has 0 aliphatic carbocycles. The van der Waals surface area contributed by atoms with Gasteiger partial charge in [0.1, 0.15) is 24.2 Å². The molecule has 102 valence electrons. The highest BCUT2D eigenvalue weighted by Gasteiger charge is 2.04. The molecule has 2 rings (SSSR count). The molecule has 0 aliphatic rings. The van der Waals surface area contributed by atoms with Crippen molar-refractivity contribution >= 4 is 15.9 Å². The quantitative estimate of drug-likeness (QED) is 0.776. The predicted molar refractivity (Wildman–Crippen MR) is 81.1 cm³/mol. The largest absolute Gasteiger partial charge is 0.495 e. The van der Waals surface area contributed by atoms with E-state index >= 15 is 0 Å². The summed E-state index contributed by atoms with van der Waals surface area (Å²) in [5, 5.41) is 9.77. The first-order valence-corrected chi connectivity index (χ1v) is 7.23. The number of alkyl halides is 1. The van der Waals surface area contributed by atoms with Gasteiger partial charge in [-0.1, -0.05) is 34.1 Å². The zero-order valence-electron chi connectivity index (χ0n) is 11.1. The van der Waals surface area contributed by atoms with Crippen molar-refractivity contribution in [2.45, 2.75) is 11.9 Å². The second kappa shape index (κ2) is 6.97. The molecule has 0 radical (unpaired) electrons. The maximum absolute atomic E-state index is 8.93. The van der Waals surface area contributed by atoms with Crippen LogP contribution in [0.2, 0.25) is 0 Å². The van der Waals surface area contributed by atoms with Gasteiger partial charge in [0.25, 0.3) is 0 Å². The number of benzene rings is 2. The summed E-state index contributed by atoms with van der Waals surface area (Å²) in [6.45, 7) is 0.440. The molecule has 3 nitrogen and oxygen atoms in total. The summed E-state index contributed by atoms with van der Waals surface area (Å²) in [7, 11) is 1.56. The van der Waals surface area contributed by atoms with E-state index in [0.29, 0.717) is 17.9 Å². The van der Waals surface area contributed by atoms with Gasteiger partial charge in [-0.2, -0.15) is 5.26 Å². The van der Waals surface area contributed by atoms with Crippen molar-refractivity contribution in [1.82, 2.24) is 0 Å². The fourth-order valence-electron chi connectivity index (χ4n) is 1.76. The van der Waals surface area contributed by atoms with Gasteiger partial charge in [-0.05, 0) is 35.4 Å². The SMILES string of the molecule is COc1cc(COc2ccc(CBr)cc2)ccc1C#N. The van der Waals surface area contributed by atoms with Crippen LogP contribution < -0.4 is 9.47 Å². The van der Waals surface area contributed by atoms with Crippen molar-refractivity contribution in [3.05, 3.63) is 59.2 Å². The molecular formula is C16H14BrNO2. The molecule has 0 heterocycles. The lowest BCUT2D eigenvalue weighted by Gasteiger charge is -2.09. The summed E-state index contributed by atoms with van der Waals surface area (Å²) >= 11 is 3.41. The molecule has 0 fully saturated rings. The summed E-state index contributed by atoms with van der Waals surface area (Å²) in [6, 6.07) is 15.4. The van der Waals surface area contributed by atoms with Crippen LogP contribution in [-0.4, -0.2) is 7.11 Å². The van der Waals surface area contributed by atoms with Gasteiger partial charge in [-0.3, -0.25) is 0 Å². The van der Waals surface area contributed by atoms with Crippen LogP contribution in [0.25, 0.3) is 0 Å². The molecule has 20 heavy (non-hydrogen) atoms. The maximum atomic E-state index is 8.93. The van der Waals surface area contributed by atoms with Crippen LogP contribution >= 0.6 is 15.9 Å². The van der Waals surface area contributed by atoms with E-state index in [-0.39, 0.29) is 0 Å². The molecule has 0 aliphatic heterocycles. The first-order chi connectivity index (χ1) is 9.76. The minimum absolute atomic E-state index is 0.440. The van der Waals surface area contributed by atoms with E-state index in [0.717, 1.165) is 16.6 Å². The molecule has 2 aromatic rings. The molecule has 0 bridgehead atoms. The van der Waals surface area contributed by atoms with E-state index in [9.17, 15) is 0 Å². The second-order valence-electron chi connectivity index (χ2n) is 4.21. The number of hydrogen-bond acceptors (Lipinski definition) is 3. The lowest BCUT2D eigenvalue weighted by atomic mass is 10.1. The van der Waals surface area contributed by atoms with Gasteiger partial charge < -0.3 is 9.47 Å². The number of rotatable bonds is 5. The standard InChI is InChI=1S/C16H14BrNO2/c1-19-16-8-13(2-5-14(16)10-18)11-20-15-6-3-12(9-17)4-7-15/h2-8H,9,11H2,1H3. The summed E-state index contributed by atoms with van der Waals surface area (Å²) in [5.41, 5.74) is 2.70. The fourth-order valence-corrected chi connectivity index (χ4v) is 2.13. The molecule has 4 heteroatoms. The van der Waals surface area contributed by atoms with E-state index in [2.05, 4.69) is 22.0 Å². The van der Waals surface area contributed by atoms with Crippen LogP contribution in [0.15, 0.2) is 42.5 Å². The maximum Gasteiger partial charge on any atom is 0.137 e. The molecule has 0 atom stereocenters. The molecular weight excluding hydrogens is 318 g/mol. The van der Waals surface area contributed by atoms with E-state index in [4.69, 9.17) is 14.7 Å². The van der Waals surface area contributed by atoms with Crippen molar-refractivity contribution in [3.63, 3.8) is 0 Å². The number of ether oxygens (including phenoxy) is 2. The van der Waals surface area contributed by atoms with Gasteiger partial charge in [0, 0.05) is 5.33 Å². The minimum Gasteiger partial charge on any atom is -0.495 e. The highest BCUT2D eigenvalue weighted by atomic mass is 79.9. The fraction of sp³-hybridized carbons (Fsp3) is 0.188. The van der Waals surface area contributed by atoms with Gasteiger partial charge >= 0.3 is 0 Å². The summed E-state index contributed by atoms with van der Waals surface area (Å²) in [4.78, 5) is 0. The third-order valence-electron chi connectivity index (χ3n) is 2.87. The van der Waals surface area contributed by atoms with E-state index in [1.165, 1.54) is 5.56 Å². The van der Waals surface area contributed by atoms with E-state index in [1.54, 1.807) is 13.2 Å². The Hall–Kier alpha value is -1.99. The molecule has 0 N–H and O–H groups in total. The third kappa shape index (κ3) is 3.52. The molecule has 0 aromatic heterocycles. The van der Waals surface area contributed by atoms with Crippen LogP contribution in [0.1, 0.15) is 16.7 Å². The Kier molecular flexibility index (Phi) is 5.03. The van der Waals surface area contributed by atoms with Gasteiger partial charge in [0.15, 0.2) is 0 Å². The number of halogens is 1. The highest BCUT2D eigenvalue weighted by molar-refractivity contribution is 9.08. The zero-order chi connectivity index (χ0) is 14.4. The lowest BCUT2D eigenvalue weighted by molar-refractivity contribution is 0.305. The number of nitrogens with zero attached hydrogens (tertiary/aromatic N) is 1. The topological polar surface area (TPSA) is 42.2 Å². The Morgan fingerprint density at radius 1 is 1.10 bits per heavy atom. The van der Waals surface area contributed by atoms with Crippen molar-refractivity contribution < 1.29 is 9.47 Å². The Bertz CT molecular complexity index is 617. The predicted octanol–water partition coefficient (Wildman–Crippen LogP) is 4.04. The van der Waals surface area contributed by atoms with Gasteiger partial charge in [0.2, 0.25) is 0 Å². The molecule has 0 unspecified atom stereocenters. The normalized spacial score (nSPS) is 9.85. The minimum atomic E-state index is 0.440. The van der Waals surface area contributed by atoms with Crippen molar-refractivity contribution in [2.24, 2.45) is 0 Å². The first kappa shape index (κ1) is 14.4. The summed E-state index contributed by atoms with van der Waals surface area (Å²) in [5.74, 6) is 1.39. The summed E-state index contributed by atoms with van der Waals surface area (Å²) in [6.07, 6.45) is 0. The average Bonchev–Trinajstić information content (AvgIpc) is 2.53. The van der Waals surface area contributed by atoms with Crippen molar-refractivity contribution in [1.29, 1.82) is 5.26 Å². The molecule has 0 amide bonds. The zero-order valence-corrected chi connectivity index (χ0v) is 12.7. The van der Waals surface area contributed by atoms with E-state index < -0.39 is 0 Å².